The maximum Gasteiger partial charge on any atom is 0.307 e. The van der Waals surface area contributed by atoms with Gasteiger partial charge in [-0.05, 0) is 6.42 Å². The first kappa shape index (κ1) is 14.5. The maximum absolute atomic E-state index is 13.8. The smallest absolute Gasteiger partial charge is 0.307 e. The molecular weight excluding hydrogens is 272 g/mol. The van der Waals surface area contributed by atoms with Crippen LogP contribution in [0.15, 0.2) is 6.07 Å². The van der Waals surface area contributed by atoms with Gasteiger partial charge in [0.05, 0.1) is 25.7 Å². The molecule has 0 bridgehead atoms. The molecule has 0 spiro atoms. The van der Waals surface area contributed by atoms with Gasteiger partial charge in [-0.2, -0.15) is 0 Å². The van der Waals surface area contributed by atoms with Gasteiger partial charge in [0.25, 0.3) is 0 Å². The molecule has 1 saturated heterocycles. The Morgan fingerprint density at radius 3 is 2.25 bits per heavy atom. The molecular formula is C13H15F2NO4. The third-order valence-electron chi connectivity index (χ3n) is 3.41. The van der Waals surface area contributed by atoms with Gasteiger partial charge in [0, 0.05) is 18.7 Å². The lowest BCUT2D eigenvalue weighted by molar-refractivity contribution is -0.141. The Labute approximate surface area is 114 Å². The molecule has 2 unspecified atom stereocenters. The van der Waals surface area contributed by atoms with Gasteiger partial charge in [0.2, 0.25) is 0 Å². The lowest BCUT2D eigenvalue weighted by atomic mass is 9.98. The molecule has 20 heavy (non-hydrogen) atoms. The Balaban J connectivity index is 2.47. The molecule has 1 fully saturated rings. The average Bonchev–Trinajstić information content (AvgIpc) is 2.87. The van der Waals surface area contributed by atoms with Crippen molar-refractivity contribution in [1.29, 1.82) is 0 Å². The van der Waals surface area contributed by atoms with Gasteiger partial charge < -0.3 is 19.9 Å². The summed E-state index contributed by atoms with van der Waals surface area (Å²) < 4.78 is 37.5. The van der Waals surface area contributed by atoms with E-state index in [1.165, 1.54) is 14.2 Å². The highest BCUT2D eigenvalue weighted by Gasteiger charge is 2.35. The number of aliphatic carboxylic acids is 1. The van der Waals surface area contributed by atoms with Gasteiger partial charge in [-0.25, -0.2) is 8.78 Å². The molecule has 0 aromatic heterocycles. The zero-order valence-electron chi connectivity index (χ0n) is 11.1. The number of rotatable bonds is 4. The number of carbonyl (C=O) groups is 1. The zero-order valence-corrected chi connectivity index (χ0v) is 11.1. The summed E-state index contributed by atoms with van der Waals surface area (Å²) in [5.41, 5.74) is 0.177. The van der Waals surface area contributed by atoms with E-state index in [9.17, 15) is 13.6 Å². The molecule has 0 radical (unpaired) electrons. The highest BCUT2D eigenvalue weighted by atomic mass is 19.1. The van der Waals surface area contributed by atoms with Gasteiger partial charge in [0.15, 0.2) is 23.1 Å². The van der Waals surface area contributed by atoms with Crippen LogP contribution in [0.25, 0.3) is 0 Å². The topological polar surface area (TPSA) is 67.8 Å². The molecule has 0 amide bonds. The Morgan fingerprint density at radius 2 is 1.85 bits per heavy atom. The third-order valence-corrected chi connectivity index (χ3v) is 3.41. The number of hydrogen-bond acceptors (Lipinski definition) is 4. The number of hydrogen-bond donors (Lipinski definition) is 2. The Kier molecular flexibility index (Phi) is 4.08. The number of halogens is 2. The van der Waals surface area contributed by atoms with Crippen LogP contribution in [0.1, 0.15) is 18.0 Å². The Morgan fingerprint density at radius 1 is 1.30 bits per heavy atom. The van der Waals surface area contributed by atoms with Crippen LogP contribution in [0.3, 0.4) is 0 Å². The third kappa shape index (κ3) is 2.40. The van der Waals surface area contributed by atoms with Crippen molar-refractivity contribution in [3.63, 3.8) is 0 Å². The molecule has 1 aliphatic rings. The SMILES string of the molecule is COc1c(F)cc(F)c(OC)c1C1CC(C(=O)O)CN1. The lowest BCUT2D eigenvalue weighted by Gasteiger charge is -2.19. The summed E-state index contributed by atoms with van der Waals surface area (Å²) in [6.07, 6.45) is 0.213. The quantitative estimate of drug-likeness (QED) is 0.882. The maximum atomic E-state index is 13.8. The largest absolute Gasteiger partial charge is 0.493 e. The average molecular weight is 287 g/mol. The number of carboxylic acid groups (broad SMARTS) is 1. The second-order valence-corrected chi connectivity index (χ2v) is 4.55. The van der Waals surface area contributed by atoms with Crippen LogP contribution in [0, 0.1) is 17.6 Å². The predicted octanol–water partition coefficient (Wildman–Crippen LogP) is 1.72. The fourth-order valence-electron chi connectivity index (χ4n) is 2.48. The molecule has 110 valence electrons. The highest BCUT2D eigenvalue weighted by Crippen LogP contribution is 2.42. The minimum Gasteiger partial charge on any atom is -0.493 e. The van der Waals surface area contributed by atoms with Crippen LogP contribution in [0.4, 0.5) is 8.78 Å². The van der Waals surface area contributed by atoms with Crippen molar-refractivity contribution in [2.45, 2.75) is 12.5 Å². The van der Waals surface area contributed by atoms with Crippen molar-refractivity contribution < 1.29 is 28.2 Å². The molecule has 1 aliphatic heterocycles. The summed E-state index contributed by atoms with van der Waals surface area (Å²) >= 11 is 0. The highest BCUT2D eigenvalue weighted by molar-refractivity contribution is 5.71. The minimum absolute atomic E-state index is 0.133. The van der Waals surface area contributed by atoms with Crippen molar-refractivity contribution >= 4 is 5.97 Å². The first-order chi connectivity index (χ1) is 9.49. The van der Waals surface area contributed by atoms with E-state index in [1.54, 1.807) is 0 Å². The predicted molar refractivity (Wildman–Crippen MR) is 65.9 cm³/mol. The summed E-state index contributed by atoms with van der Waals surface area (Å²) in [7, 11) is 2.53. The van der Waals surface area contributed by atoms with E-state index in [4.69, 9.17) is 14.6 Å². The first-order valence-corrected chi connectivity index (χ1v) is 6.05. The Bertz CT molecular complexity index is 507. The summed E-state index contributed by atoms with van der Waals surface area (Å²) in [6, 6.07) is 0.149. The first-order valence-electron chi connectivity index (χ1n) is 6.05. The second-order valence-electron chi connectivity index (χ2n) is 4.55. The van der Waals surface area contributed by atoms with Crippen LogP contribution in [-0.4, -0.2) is 31.8 Å². The fourth-order valence-corrected chi connectivity index (χ4v) is 2.48. The van der Waals surface area contributed by atoms with Crippen LogP contribution in [0.5, 0.6) is 11.5 Å². The van der Waals surface area contributed by atoms with Crippen molar-refractivity contribution in [1.82, 2.24) is 5.32 Å². The summed E-state index contributed by atoms with van der Waals surface area (Å²) in [6.45, 7) is 0.227. The van der Waals surface area contributed by atoms with Crippen molar-refractivity contribution in [3.8, 4) is 11.5 Å². The number of benzene rings is 1. The van der Waals surface area contributed by atoms with Gasteiger partial charge in [-0.1, -0.05) is 0 Å². The normalized spacial score (nSPS) is 21.8. The van der Waals surface area contributed by atoms with Crippen LogP contribution in [0.2, 0.25) is 0 Å². The molecule has 2 atom stereocenters. The van der Waals surface area contributed by atoms with Gasteiger partial charge in [-0.15, -0.1) is 0 Å². The van der Waals surface area contributed by atoms with Gasteiger partial charge in [0.1, 0.15) is 0 Å². The second kappa shape index (κ2) is 5.62. The van der Waals surface area contributed by atoms with Crippen LogP contribution in [-0.2, 0) is 4.79 Å². The van der Waals surface area contributed by atoms with E-state index in [2.05, 4.69) is 5.32 Å². The van der Waals surface area contributed by atoms with E-state index in [0.29, 0.717) is 6.07 Å². The summed E-state index contributed by atoms with van der Waals surface area (Å²) in [5, 5.41) is 11.9. The number of ether oxygens (including phenoxy) is 2. The molecule has 1 heterocycles. The number of carboxylic acids is 1. The van der Waals surface area contributed by atoms with E-state index in [1.807, 2.05) is 0 Å². The molecule has 2 N–H and O–H groups in total. The van der Waals surface area contributed by atoms with E-state index in [-0.39, 0.29) is 30.0 Å². The summed E-state index contributed by atoms with van der Waals surface area (Å²) in [5.74, 6) is -3.52. The number of methoxy groups -OCH3 is 2. The molecule has 1 aromatic carbocycles. The molecule has 0 saturated carbocycles. The monoisotopic (exact) mass is 287 g/mol. The molecule has 1 aromatic rings. The molecule has 0 aliphatic carbocycles. The van der Waals surface area contributed by atoms with Gasteiger partial charge in [-0.3, -0.25) is 4.79 Å². The van der Waals surface area contributed by atoms with Crippen LogP contribution >= 0.6 is 0 Å². The van der Waals surface area contributed by atoms with E-state index >= 15 is 0 Å². The minimum atomic E-state index is -0.949. The number of nitrogens with one attached hydrogen (secondary N) is 1. The molecule has 7 heteroatoms. The van der Waals surface area contributed by atoms with E-state index < -0.39 is 29.6 Å². The summed E-state index contributed by atoms with van der Waals surface area (Å²) in [4.78, 5) is 11.0. The van der Waals surface area contributed by atoms with Crippen molar-refractivity contribution in [2.24, 2.45) is 5.92 Å². The Hall–Kier alpha value is -1.89. The lowest BCUT2D eigenvalue weighted by Crippen LogP contribution is -2.18. The molecule has 5 nitrogen and oxygen atoms in total. The van der Waals surface area contributed by atoms with Crippen LogP contribution < -0.4 is 14.8 Å². The fraction of sp³-hybridized carbons (Fsp3) is 0.462. The van der Waals surface area contributed by atoms with Crippen molar-refractivity contribution in [3.05, 3.63) is 23.3 Å². The standard InChI is InChI=1S/C13H15F2NO4/c1-19-11-7(14)4-8(15)12(20-2)10(11)9-3-6(5-16-9)13(17)18/h4,6,9,16H,3,5H2,1-2H3,(H,17,18). The zero-order chi connectivity index (χ0) is 14.9. The van der Waals surface area contributed by atoms with Gasteiger partial charge >= 0.3 is 5.97 Å². The van der Waals surface area contributed by atoms with Crippen molar-refractivity contribution in [2.75, 3.05) is 20.8 Å². The van der Waals surface area contributed by atoms with E-state index in [0.717, 1.165) is 0 Å². The molecule has 2 rings (SSSR count).